The molecule has 114 valence electrons. The monoisotopic (exact) mass is 299 g/mol. The van der Waals surface area contributed by atoms with Crippen LogP contribution in [0.25, 0.3) is 0 Å². The molecule has 0 radical (unpaired) electrons. The number of urea groups is 1. The number of anilines is 1. The molecule has 21 heavy (non-hydrogen) atoms. The van der Waals surface area contributed by atoms with E-state index in [0.29, 0.717) is 26.2 Å². The number of carboxylic acids is 1. The second kappa shape index (κ2) is 6.49. The van der Waals surface area contributed by atoms with E-state index in [1.807, 2.05) is 0 Å². The number of benzene rings is 1. The van der Waals surface area contributed by atoms with Gasteiger partial charge in [0.1, 0.15) is 11.6 Å². The van der Waals surface area contributed by atoms with Gasteiger partial charge in [-0.15, -0.1) is 0 Å². The first-order valence-electron chi connectivity index (χ1n) is 6.40. The molecule has 1 aliphatic heterocycles. The molecule has 6 nitrogen and oxygen atoms in total. The minimum atomic E-state index is -0.914. The fourth-order valence-corrected chi connectivity index (χ4v) is 2.13. The summed E-state index contributed by atoms with van der Waals surface area (Å²) >= 11 is 0. The number of carbonyl (C=O) groups excluding carboxylic acids is 1. The largest absolute Gasteiger partial charge is 0.480 e. The van der Waals surface area contributed by atoms with Crippen LogP contribution in [0.1, 0.15) is 0 Å². The van der Waals surface area contributed by atoms with Gasteiger partial charge >= 0.3 is 12.0 Å². The molecule has 1 heterocycles. The van der Waals surface area contributed by atoms with Crippen molar-refractivity contribution in [3.05, 3.63) is 29.8 Å². The molecular weight excluding hydrogens is 284 g/mol. The molecule has 0 atom stereocenters. The van der Waals surface area contributed by atoms with Crippen molar-refractivity contribution in [2.45, 2.75) is 0 Å². The van der Waals surface area contributed by atoms with Crippen molar-refractivity contribution in [1.82, 2.24) is 9.80 Å². The van der Waals surface area contributed by atoms with Crippen LogP contribution in [0, 0.1) is 11.6 Å². The summed E-state index contributed by atoms with van der Waals surface area (Å²) in [7, 11) is 0. The van der Waals surface area contributed by atoms with Crippen molar-refractivity contribution in [2.24, 2.45) is 0 Å². The summed E-state index contributed by atoms with van der Waals surface area (Å²) in [4.78, 5) is 25.7. The van der Waals surface area contributed by atoms with Crippen LogP contribution in [0.5, 0.6) is 0 Å². The number of carbonyl (C=O) groups is 2. The van der Waals surface area contributed by atoms with Gasteiger partial charge in [0.05, 0.1) is 6.54 Å². The fraction of sp³-hybridized carbons (Fsp3) is 0.385. The predicted octanol–water partition coefficient (Wildman–Crippen LogP) is 1.20. The van der Waals surface area contributed by atoms with Crippen LogP contribution in [-0.4, -0.2) is 59.6 Å². The van der Waals surface area contributed by atoms with Crippen molar-refractivity contribution in [3.63, 3.8) is 0 Å². The second-order valence-electron chi connectivity index (χ2n) is 4.75. The van der Waals surface area contributed by atoms with E-state index in [0.717, 1.165) is 18.2 Å². The quantitative estimate of drug-likeness (QED) is 0.879. The first kappa shape index (κ1) is 15.2. The Morgan fingerprint density at radius 1 is 1.10 bits per heavy atom. The van der Waals surface area contributed by atoms with Gasteiger partial charge in [-0.1, -0.05) is 0 Å². The van der Waals surface area contributed by atoms with Crippen LogP contribution in [0.2, 0.25) is 0 Å². The van der Waals surface area contributed by atoms with E-state index >= 15 is 0 Å². The summed E-state index contributed by atoms with van der Waals surface area (Å²) in [6.45, 7) is 1.53. The molecular formula is C13H15F2N3O3. The number of carboxylic acid groups (broad SMARTS) is 1. The number of nitrogens with zero attached hydrogens (tertiary/aromatic N) is 2. The van der Waals surface area contributed by atoms with Gasteiger partial charge in [0.25, 0.3) is 0 Å². The molecule has 0 bridgehead atoms. The first-order valence-corrected chi connectivity index (χ1v) is 6.40. The number of hydrogen-bond donors (Lipinski definition) is 2. The van der Waals surface area contributed by atoms with E-state index in [9.17, 15) is 18.4 Å². The number of hydrogen-bond acceptors (Lipinski definition) is 3. The third-order valence-electron chi connectivity index (χ3n) is 3.13. The third kappa shape index (κ3) is 4.38. The predicted molar refractivity (Wildman–Crippen MR) is 71.0 cm³/mol. The molecule has 0 spiro atoms. The van der Waals surface area contributed by atoms with Crippen molar-refractivity contribution < 1.29 is 23.5 Å². The van der Waals surface area contributed by atoms with Crippen molar-refractivity contribution in [3.8, 4) is 0 Å². The zero-order valence-corrected chi connectivity index (χ0v) is 11.2. The molecule has 2 amide bonds. The van der Waals surface area contributed by atoms with Crippen LogP contribution in [0.3, 0.4) is 0 Å². The van der Waals surface area contributed by atoms with Gasteiger partial charge in [0, 0.05) is 37.9 Å². The van der Waals surface area contributed by atoms with E-state index in [1.165, 1.54) is 4.90 Å². The Labute approximate surface area is 119 Å². The summed E-state index contributed by atoms with van der Waals surface area (Å²) in [5.74, 6) is -2.45. The highest BCUT2D eigenvalue weighted by Gasteiger charge is 2.22. The fourth-order valence-electron chi connectivity index (χ4n) is 2.13. The Balaban J connectivity index is 1.88. The standard InChI is InChI=1S/C13H15F2N3O3/c14-9-5-10(15)7-11(6-9)16-13(21)18-3-1-17(2-4-18)8-12(19)20/h5-7H,1-4,8H2,(H,16,21)(H,19,20). The Bertz CT molecular complexity index is 525. The van der Waals surface area contributed by atoms with E-state index in [-0.39, 0.29) is 12.2 Å². The lowest BCUT2D eigenvalue weighted by atomic mass is 10.3. The first-order chi connectivity index (χ1) is 9.94. The highest BCUT2D eigenvalue weighted by molar-refractivity contribution is 5.89. The van der Waals surface area contributed by atoms with Gasteiger partial charge in [-0.3, -0.25) is 9.69 Å². The van der Waals surface area contributed by atoms with E-state index in [4.69, 9.17) is 5.11 Å². The number of nitrogens with one attached hydrogen (secondary N) is 1. The molecule has 2 rings (SSSR count). The van der Waals surface area contributed by atoms with Crippen LogP contribution in [-0.2, 0) is 4.79 Å². The van der Waals surface area contributed by atoms with Gasteiger partial charge in [-0.05, 0) is 12.1 Å². The Morgan fingerprint density at radius 3 is 2.19 bits per heavy atom. The lowest BCUT2D eigenvalue weighted by molar-refractivity contribution is -0.138. The molecule has 0 unspecified atom stereocenters. The summed E-state index contributed by atoms with van der Waals surface area (Å²) < 4.78 is 26.1. The van der Waals surface area contributed by atoms with Crippen molar-refractivity contribution >= 4 is 17.7 Å². The van der Waals surface area contributed by atoms with Gasteiger partial charge in [-0.25, -0.2) is 13.6 Å². The average molecular weight is 299 g/mol. The van der Waals surface area contributed by atoms with Crippen LogP contribution in [0.15, 0.2) is 18.2 Å². The van der Waals surface area contributed by atoms with E-state index in [1.54, 1.807) is 4.90 Å². The van der Waals surface area contributed by atoms with Gasteiger partial charge < -0.3 is 15.3 Å². The second-order valence-corrected chi connectivity index (χ2v) is 4.75. The minimum Gasteiger partial charge on any atom is -0.480 e. The summed E-state index contributed by atoms with van der Waals surface area (Å²) in [5.41, 5.74) is 0.0467. The van der Waals surface area contributed by atoms with Gasteiger partial charge in [0.2, 0.25) is 0 Å². The molecule has 1 aliphatic rings. The third-order valence-corrected chi connectivity index (χ3v) is 3.13. The normalized spacial score (nSPS) is 15.8. The highest BCUT2D eigenvalue weighted by atomic mass is 19.1. The molecule has 0 saturated carbocycles. The van der Waals surface area contributed by atoms with E-state index < -0.39 is 23.6 Å². The van der Waals surface area contributed by atoms with Crippen molar-refractivity contribution in [1.29, 1.82) is 0 Å². The van der Waals surface area contributed by atoms with Gasteiger partial charge in [0.15, 0.2) is 0 Å². The Kier molecular flexibility index (Phi) is 4.69. The molecule has 8 heteroatoms. The minimum absolute atomic E-state index is 0.0467. The maximum absolute atomic E-state index is 13.0. The highest BCUT2D eigenvalue weighted by Crippen LogP contribution is 2.14. The van der Waals surface area contributed by atoms with E-state index in [2.05, 4.69) is 5.32 Å². The molecule has 2 N–H and O–H groups in total. The molecule has 1 fully saturated rings. The maximum atomic E-state index is 13.0. The summed E-state index contributed by atoms with van der Waals surface area (Å²) in [6.07, 6.45) is 0. The van der Waals surface area contributed by atoms with Gasteiger partial charge in [-0.2, -0.15) is 0 Å². The Morgan fingerprint density at radius 2 is 1.67 bits per heavy atom. The van der Waals surface area contributed by atoms with Crippen LogP contribution >= 0.6 is 0 Å². The Hall–Kier alpha value is -2.22. The number of aliphatic carboxylic acids is 1. The lowest BCUT2D eigenvalue weighted by Crippen LogP contribution is -2.51. The molecule has 0 aromatic heterocycles. The maximum Gasteiger partial charge on any atom is 0.321 e. The van der Waals surface area contributed by atoms with Crippen LogP contribution in [0.4, 0.5) is 19.3 Å². The molecule has 1 aromatic carbocycles. The smallest absolute Gasteiger partial charge is 0.321 e. The molecule has 0 aliphatic carbocycles. The zero-order valence-electron chi connectivity index (χ0n) is 11.2. The summed E-state index contributed by atoms with van der Waals surface area (Å²) in [6, 6.07) is 2.32. The number of amides is 2. The molecule has 1 aromatic rings. The lowest BCUT2D eigenvalue weighted by Gasteiger charge is -2.33. The van der Waals surface area contributed by atoms with Crippen LogP contribution < -0.4 is 5.32 Å². The van der Waals surface area contributed by atoms with Crippen molar-refractivity contribution in [2.75, 3.05) is 38.0 Å². The molecule has 1 saturated heterocycles. The SMILES string of the molecule is O=C(O)CN1CCN(C(=O)Nc2cc(F)cc(F)c2)CC1. The average Bonchev–Trinajstić information content (AvgIpc) is 2.37. The topological polar surface area (TPSA) is 72.9 Å². The number of halogens is 2. The zero-order chi connectivity index (χ0) is 15.4. The summed E-state index contributed by atoms with van der Waals surface area (Å²) in [5, 5.41) is 11.1. The number of rotatable bonds is 3. The number of piperazine rings is 1.